The number of ether oxygens (including phenoxy) is 15. The molecule has 17 heteroatoms. The molecule has 0 saturated heterocycles. The fraction of sp³-hybridized carbons (Fsp3) is 0.643. The summed E-state index contributed by atoms with van der Waals surface area (Å²) < 4.78 is 88.0. The number of aromatic nitrogens is 2. The Labute approximate surface area is 435 Å². The zero-order valence-electron chi connectivity index (χ0n) is 44.8. The van der Waals surface area contributed by atoms with Crippen LogP contribution in [0.25, 0.3) is 0 Å². The van der Waals surface area contributed by atoms with Crippen LogP contribution in [0.1, 0.15) is 49.9 Å². The first-order valence-corrected chi connectivity index (χ1v) is 25.2. The standard InChI is InChI=1S/C56H84N2O15/c1-45(32-63-23-19-59-5)69-40-54(41-70-46(2)33-64-24-20-60-6)38-67-36-53(37-68-39-55(42-71-47(3)34-65-25-21-61-7)43-72-48(4)35-66-26-22-62-8)44-73-56-28-51(15-13-49-11-9-17-57-30-49)27-52(29-56)16-14-50-12-10-18-58-31-50/h9-12,17-18,27-31,45-48,53-55H,19-26,32-44H2,1-8H3/t45-,46-,47-,48-/m0/s1. The second-order valence-corrected chi connectivity index (χ2v) is 17.6. The highest BCUT2D eigenvalue weighted by molar-refractivity contribution is 5.52. The van der Waals surface area contributed by atoms with Crippen molar-refractivity contribution < 1.29 is 71.1 Å². The van der Waals surface area contributed by atoms with Crippen molar-refractivity contribution >= 4 is 0 Å². The molecule has 0 aliphatic heterocycles. The van der Waals surface area contributed by atoms with Crippen molar-refractivity contribution in [1.29, 1.82) is 0 Å². The average Bonchev–Trinajstić information content (AvgIpc) is 3.41. The summed E-state index contributed by atoms with van der Waals surface area (Å²) in [6.45, 7) is 16.9. The summed E-state index contributed by atoms with van der Waals surface area (Å²) >= 11 is 0. The van der Waals surface area contributed by atoms with Gasteiger partial charge in [-0.1, -0.05) is 23.7 Å². The van der Waals surface area contributed by atoms with Crippen LogP contribution in [0.2, 0.25) is 0 Å². The van der Waals surface area contributed by atoms with E-state index in [0.29, 0.717) is 138 Å². The number of benzene rings is 1. The average molecular weight is 1030 g/mol. The Morgan fingerprint density at radius 1 is 0.370 bits per heavy atom. The molecule has 0 amide bonds. The van der Waals surface area contributed by atoms with Gasteiger partial charge < -0.3 is 71.1 Å². The zero-order chi connectivity index (χ0) is 52.4. The van der Waals surface area contributed by atoms with Crippen molar-refractivity contribution in [3.05, 3.63) is 89.5 Å². The molecule has 408 valence electrons. The van der Waals surface area contributed by atoms with E-state index in [1.54, 1.807) is 53.2 Å². The second kappa shape index (κ2) is 42.1. The molecule has 0 spiro atoms. The van der Waals surface area contributed by atoms with Gasteiger partial charge in [-0.2, -0.15) is 0 Å². The van der Waals surface area contributed by atoms with Crippen LogP contribution in [-0.2, 0) is 66.3 Å². The molecule has 0 radical (unpaired) electrons. The van der Waals surface area contributed by atoms with Crippen LogP contribution in [0.4, 0.5) is 0 Å². The molecule has 17 nitrogen and oxygen atoms in total. The number of nitrogens with zero attached hydrogens (tertiary/aromatic N) is 2. The van der Waals surface area contributed by atoms with Crippen molar-refractivity contribution in [3.63, 3.8) is 0 Å². The third kappa shape index (κ3) is 32.7. The topological polar surface area (TPSA) is 164 Å². The van der Waals surface area contributed by atoms with Crippen molar-refractivity contribution in [1.82, 2.24) is 9.97 Å². The third-order valence-corrected chi connectivity index (χ3v) is 10.4. The van der Waals surface area contributed by atoms with Crippen molar-refractivity contribution in [2.24, 2.45) is 17.8 Å². The fourth-order valence-corrected chi connectivity index (χ4v) is 6.40. The molecule has 73 heavy (non-hydrogen) atoms. The van der Waals surface area contributed by atoms with Crippen LogP contribution in [0.15, 0.2) is 67.3 Å². The lowest BCUT2D eigenvalue weighted by Gasteiger charge is -2.25. The molecule has 0 unspecified atom stereocenters. The minimum Gasteiger partial charge on any atom is -0.493 e. The maximum Gasteiger partial charge on any atom is 0.121 e. The van der Waals surface area contributed by atoms with Crippen molar-refractivity contribution in [2.45, 2.75) is 52.1 Å². The third-order valence-electron chi connectivity index (χ3n) is 10.4. The van der Waals surface area contributed by atoms with E-state index in [4.69, 9.17) is 71.1 Å². The molecule has 1 aromatic carbocycles. The Hall–Kier alpha value is -4.12. The monoisotopic (exact) mass is 1020 g/mol. The molecule has 2 heterocycles. The molecule has 0 aliphatic carbocycles. The smallest absolute Gasteiger partial charge is 0.121 e. The van der Waals surface area contributed by atoms with E-state index >= 15 is 0 Å². The second-order valence-electron chi connectivity index (χ2n) is 17.6. The van der Waals surface area contributed by atoms with E-state index in [1.165, 1.54) is 0 Å². The SMILES string of the molecule is COCCOC[C@H](C)OCC(COCC(COCC(CO[C@@H](C)COCCOC)CO[C@@H](C)COCCOC)COc1cc(C#Cc2cccnc2)cc(C#Cc2cccnc2)c1)CO[C@@H](C)COCCOC. The Bertz CT molecular complexity index is 1740. The number of rotatable bonds is 43. The lowest BCUT2D eigenvalue weighted by molar-refractivity contribution is -0.0856. The van der Waals surface area contributed by atoms with Crippen molar-refractivity contribution in [2.75, 3.05) is 167 Å². The number of methoxy groups -OCH3 is 4. The van der Waals surface area contributed by atoms with E-state index in [1.807, 2.05) is 70.2 Å². The van der Waals surface area contributed by atoms with E-state index in [0.717, 1.165) is 22.3 Å². The molecule has 3 aromatic rings. The lowest BCUT2D eigenvalue weighted by Crippen LogP contribution is -2.32. The molecule has 0 N–H and O–H groups in total. The Morgan fingerprint density at radius 3 is 1.01 bits per heavy atom. The number of hydrogen-bond acceptors (Lipinski definition) is 17. The summed E-state index contributed by atoms with van der Waals surface area (Å²) in [4.78, 5) is 8.42. The first kappa shape index (κ1) is 63.2. The van der Waals surface area contributed by atoms with E-state index in [9.17, 15) is 0 Å². The Morgan fingerprint density at radius 2 is 0.699 bits per heavy atom. The molecule has 3 rings (SSSR count). The van der Waals surface area contributed by atoms with Gasteiger partial charge in [0.05, 0.1) is 163 Å². The summed E-state index contributed by atoms with van der Waals surface area (Å²) in [6, 6.07) is 13.3. The Balaban J connectivity index is 1.83. The van der Waals surface area contributed by atoms with Crippen LogP contribution < -0.4 is 4.74 Å². The quantitative estimate of drug-likeness (QED) is 0.0493. The summed E-state index contributed by atoms with van der Waals surface area (Å²) in [7, 11) is 6.59. The van der Waals surface area contributed by atoms with E-state index in [2.05, 4.69) is 33.6 Å². The predicted octanol–water partition coefficient (Wildman–Crippen LogP) is 5.81. The van der Waals surface area contributed by atoms with Gasteiger partial charge in [0.25, 0.3) is 0 Å². The predicted molar refractivity (Wildman–Crippen MR) is 277 cm³/mol. The summed E-state index contributed by atoms with van der Waals surface area (Å²) in [6.07, 6.45) is 6.30. The van der Waals surface area contributed by atoms with Gasteiger partial charge in [0.15, 0.2) is 0 Å². The zero-order valence-corrected chi connectivity index (χ0v) is 44.8. The molecule has 0 saturated carbocycles. The molecular weight excluding hydrogens is 941 g/mol. The van der Waals surface area contributed by atoms with Crippen LogP contribution >= 0.6 is 0 Å². The Kier molecular flexibility index (Phi) is 36.5. The molecule has 0 fully saturated rings. The lowest BCUT2D eigenvalue weighted by atomic mass is 10.1. The van der Waals surface area contributed by atoms with Gasteiger partial charge in [0, 0.05) is 93.2 Å². The molecule has 0 aliphatic rings. The van der Waals surface area contributed by atoms with Gasteiger partial charge in [0.2, 0.25) is 0 Å². The maximum atomic E-state index is 6.59. The van der Waals surface area contributed by atoms with Crippen LogP contribution in [0.3, 0.4) is 0 Å². The number of hydrogen-bond donors (Lipinski definition) is 0. The van der Waals surface area contributed by atoms with E-state index in [-0.39, 0.29) is 48.8 Å². The van der Waals surface area contributed by atoms with Gasteiger partial charge in [-0.05, 0) is 70.2 Å². The number of pyridine rings is 2. The first-order chi connectivity index (χ1) is 35.7. The normalized spacial score (nSPS) is 13.1. The van der Waals surface area contributed by atoms with E-state index < -0.39 is 0 Å². The maximum absolute atomic E-state index is 6.59. The minimum atomic E-state index is -0.206. The minimum absolute atomic E-state index is 0.0963. The largest absolute Gasteiger partial charge is 0.493 e. The highest BCUT2D eigenvalue weighted by Crippen LogP contribution is 2.19. The highest BCUT2D eigenvalue weighted by atomic mass is 16.6. The molecule has 2 aromatic heterocycles. The van der Waals surface area contributed by atoms with Crippen molar-refractivity contribution in [3.8, 4) is 29.4 Å². The van der Waals surface area contributed by atoms with Gasteiger partial charge in [0.1, 0.15) is 5.75 Å². The summed E-state index contributed by atoms with van der Waals surface area (Å²) in [5, 5.41) is 0. The molecular formula is C56H84N2O15. The van der Waals surface area contributed by atoms with Crippen LogP contribution in [0.5, 0.6) is 5.75 Å². The molecule has 0 bridgehead atoms. The van der Waals surface area contributed by atoms with Gasteiger partial charge in [-0.15, -0.1) is 0 Å². The first-order valence-electron chi connectivity index (χ1n) is 25.2. The molecule has 4 atom stereocenters. The highest BCUT2D eigenvalue weighted by Gasteiger charge is 2.20. The van der Waals surface area contributed by atoms with Gasteiger partial charge >= 0.3 is 0 Å². The summed E-state index contributed by atoms with van der Waals surface area (Å²) in [5.41, 5.74) is 3.05. The van der Waals surface area contributed by atoms with Crippen LogP contribution in [0, 0.1) is 41.4 Å². The van der Waals surface area contributed by atoms with Crippen LogP contribution in [-0.4, -0.2) is 202 Å². The van der Waals surface area contributed by atoms with Gasteiger partial charge in [-0.25, -0.2) is 0 Å². The van der Waals surface area contributed by atoms with Gasteiger partial charge in [-0.3, -0.25) is 9.97 Å². The fourth-order valence-electron chi connectivity index (χ4n) is 6.40. The summed E-state index contributed by atoms with van der Waals surface area (Å²) in [5.74, 6) is 13.1.